The summed E-state index contributed by atoms with van der Waals surface area (Å²) in [4.78, 5) is 46.3. The number of rotatable bonds is 7. The quantitative estimate of drug-likeness (QED) is 0.398. The summed E-state index contributed by atoms with van der Waals surface area (Å²) in [5.41, 5.74) is 0.0415. The van der Waals surface area contributed by atoms with E-state index >= 15 is 0 Å². The van der Waals surface area contributed by atoms with E-state index in [0.29, 0.717) is 11.4 Å². The predicted octanol–water partition coefficient (Wildman–Crippen LogP) is 3.14. The fraction of sp³-hybridized carbons (Fsp3) is 0.280. The lowest BCUT2D eigenvalue weighted by atomic mass is 9.93. The highest BCUT2D eigenvalue weighted by atomic mass is 32.2. The van der Waals surface area contributed by atoms with Gasteiger partial charge in [-0.2, -0.15) is 0 Å². The molecule has 0 spiro atoms. The fourth-order valence-electron chi connectivity index (χ4n) is 4.24. The zero-order valence-electron chi connectivity index (χ0n) is 19.9. The van der Waals surface area contributed by atoms with Gasteiger partial charge < -0.3 is 19.4 Å². The van der Waals surface area contributed by atoms with Crippen molar-refractivity contribution in [2.45, 2.75) is 30.4 Å². The van der Waals surface area contributed by atoms with Gasteiger partial charge in [-0.05, 0) is 37.4 Å². The molecule has 0 saturated carbocycles. The van der Waals surface area contributed by atoms with E-state index in [1.54, 1.807) is 20.1 Å². The van der Waals surface area contributed by atoms with Crippen molar-refractivity contribution in [3.63, 3.8) is 0 Å². The number of imidazole rings is 1. The SMILES string of the molecule is COC(=O)c1ncn2c1C(=O)N(c1cccc(SC)c1)[C@@](C)(C(=O)NCc1ccccc1OC)C2. The molecule has 0 aliphatic carbocycles. The van der Waals surface area contributed by atoms with Crippen LogP contribution in [0.3, 0.4) is 0 Å². The number of carbonyl (C=O) groups excluding carboxylic acids is 3. The molecule has 1 aliphatic heterocycles. The van der Waals surface area contributed by atoms with Gasteiger partial charge in [0.2, 0.25) is 5.91 Å². The number of hydrogen-bond acceptors (Lipinski definition) is 7. The summed E-state index contributed by atoms with van der Waals surface area (Å²) < 4.78 is 11.7. The van der Waals surface area contributed by atoms with Crippen molar-refractivity contribution >= 4 is 35.2 Å². The van der Waals surface area contributed by atoms with Gasteiger partial charge in [-0.1, -0.05) is 24.3 Å². The molecule has 0 bridgehead atoms. The monoisotopic (exact) mass is 494 g/mol. The van der Waals surface area contributed by atoms with Gasteiger partial charge in [-0.15, -0.1) is 11.8 Å². The van der Waals surface area contributed by atoms with Gasteiger partial charge >= 0.3 is 5.97 Å². The van der Waals surface area contributed by atoms with Gasteiger partial charge in [-0.25, -0.2) is 9.78 Å². The van der Waals surface area contributed by atoms with Crippen LogP contribution in [0.5, 0.6) is 5.75 Å². The molecule has 0 saturated heterocycles. The number of thioether (sulfide) groups is 1. The van der Waals surface area contributed by atoms with E-state index in [-0.39, 0.29) is 30.4 Å². The zero-order chi connectivity index (χ0) is 25.2. The summed E-state index contributed by atoms with van der Waals surface area (Å²) >= 11 is 1.52. The summed E-state index contributed by atoms with van der Waals surface area (Å²) in [6.07, 6.45) is 3.32. The van der Waals surface area contributed by atoms with Crippen molar-refractivity contribution in [2.24, 2.45) is 0 Å². The number of benzene rings is 2. The number of esters is 1. The maximum Gasteiger partial charge on any atom is 0.359 e. The molecule has 1 atom stereocenters. The summed E-state index contributed by atoms with van der Waals surface area (Å²) in [6.45, 7) is 2.02. The van der Waals surface area contributed by atoms with Crippen LogP contribution in [0.25, 0.3) is 0 Å². The molecule has 4 rings (SSSR count). The lowest BCUT2D eigenvalue weighted by molar-refractivity contribution is -0.126. The molecule has 2 aromatic carbocycles. The predicted molar refractivity (Wildman–Crippen MR) is 132 cm³/mol. The number of fused-ring (bicyclic) bond motifs is 1. The van der Waals surface area contributed by atoms with E-state index < -0.39 is 17.4 Å². The molecule has 10 heteroatoms. The van der Waals surface area contributed by atoms with Gasteiger partial charge in [-0.3, -0.25) is 14.5 Å². The normalized spacial score (nSPS) is 17.0. The molecule has 0 unspecified atom stereocenters. The first-order valence-electron chi connectivity index (χ1n) is 10.9. The van der Waals surface area contributed by atoms with Gasteiger partial charge in [0.1, 0.15) is 17.0 Å². The first-order chi connectivity index (χ1) is 16.8. The maximum absolute atomic E-state index is 13.9. The third-order valence-corrected chi connectivity index (χ3v) is 6.75. The van der Waals surface area contributed by atoms with Crippen molar-refractivity contribution < 1.29 is 23.9 Å². The largest absolute Gasteiger partial charge is 0.496 e. The van der Waals surface area contributed by atoms with Crippen LogP contribution in [0.15, 0.2) is 59.8 Å². The summed E-state index contributed by atoms with van der Waals surface area (Å²) in [7, 11) is 2.80. The Morgan fingerprint density at radius 1 is 1.17 bits per heavy atom. The van der Waals surface area contributed by atoms with E-state index in [9.17, 15) is 14.4 Å². The van der Waals surface area contributed by atoms with E-state index in [1.807, 2.05) is 48.7 Å². The highest BCUT2D eigenvalue weighted by Crippen LogP contribution is 2.35. The minimum absolute atomic E-state index is 0.0833. The standard InChI is InChI=1S/C25H26N4O5S/c1-25(24(32)26-13-16-8-5-6-11-19(16)33-2)14-28-15-27-20(23(31)34-3)21(28)22(30)29(25)17-9-7-10-18(12-17)35-4/h5-12,15H,13-14H2,1-4H3,(H,26,32)/t25-/m1/s1. The third kappa shape index (κ3) is 4.37. The van der Waals surface area contributed by atoms with Crippen LogP contribution in [0.2, 0.25) is 0 Å². The first-order valence-corrected chi connectivity index (χ1v) is 12.1. The van der Waals surface area contributed by atoms with Crippen LogP contribution in [-0.4, -0.2) is 53.3 Å². The molecule has 35 heavy (non-hydrogen) atoms. The molecular formula is C25H26N4O5S. The number of anilines is 1. The van der Waals surface area contributed by atoms with E-state index in [0.717, 1.165) is 10.5 Å². The second-order valence-electron chi connectivity index (χ2n) is 8.17. The maximum atomic E-state index is 13.9. The number of carbonyl (C=O) groups is 3. The number of amides is 2. The minimum atomic E-state index is -1.31. The van der Waals surface area contributed by atoms with Crippen LogP contribution >= 0.6 is 11.8 Å². The molecule has 2 amide bonds. The molecule has 182 valence electrons. The Balaban J connectivity index is 1.76. The minimum Gasteiger partial charge on any atom is -0.496 e. The van der Waals surface area contributed by atoms with Gasteiger partial charge in [0.15, 0.2) is 5.69 Å². The fourth-order valence-corrected chi connectivity index (χ4v) is 4.70. The lowest BCUT2D eigenvalue weighted by Crippen LogP contribution is -2.64. The topological polar surface area (TPSA) is 103 Å². The number of nitrogens with zero attached hydrogens (tertiary/aromatic N) is 3. The van der Waals surface area contributed by atoms with Crippen molar-refractivity contribution in [2.75, 3.05) is 25.4 Å². The van der Waals surface area contributed by atoms with Gasteiger partial charge in [0, 0.05) is 22.7 Å². The Morgan fingerprint density at radius 3 is 2.66 bits per heavy atom. The van der Waals surface area contributed by atoms with Crippen LogP contribution < -0.4 is 15.0 Å². The number of hydrogen-bond donors (Lipinski definition) is 1. The Morgan fingerprint density at radius 2 is 1.94 bits per heavy atom. The number of methoxy groups -OCH3 is 2. The Bertz CT molecular complexity index is 1290. The van der Waals surface area contributed by atoms with Crippen LogP contribution in [0.4, 0.5) is 5.69 Å². The summed E-state index contributed by atoms with van der Waals surface area (Å²) in [5.74, 6) is -0.927. The second kappa shape index (κ2) is 9.83. The molecule has 0 fully saturated rings. The molecule has 1 N–H and O–H groups in total. The highest BCUT2D eigenvalue weighted by molar-refractivity contribution is 7.98. The van der Waals surface area contributed by atoms with Crippen LogP contribution in [-0.2, 0) is 22.6 Å². The lowest BCUT2D eigenvalue weighted by Gasteiger charge is -2.43. The molecule has 2 heterocycles. The van der Waals surface area contributed by atoms with E-state index in [1.165, 1.54) is 34.7 Å². The summed E-state index contributed by atoms with van der Waals surface area (Å²) in [5, 5.41) is 2.96. The highest BCUT2D eigenvalue weighted by Gasteiger charge is 2.49. The molecule has 1 aromatic heterocycles. The zero-order valence-corrected chi connectivity index (χ0v) is 20.7. The Hall–Kier alpha value is -3.79. The van der Waals surface area contributed by atoms with Crippen molar-refractivity contribution in [1.82, 2.24) is 14.9 Å². The average molecular weight is 495 g/mol. The summed E-state index contributed by atoms with van der Waals surface area (Å²) in [6, 6.07) is 14.8. The van der Waals surface area contributed by atoms with Crippen LogP contribution in [0, 0.1) is 0 Å². The van der Waals surface area contributed by atoms with Crippen LogP contribution in [0.1, 0.15) is 33.5 Å². The van der Waals surface area contributed by atoms with E-state index in [4.69, 9.17) is 9.47 Å². The second-order valence-corrected chi connectivity index (χ2v) is 9.05. The Labute approximate surface area is 207 Å². The first kappa shape index (κ1) is 24.3. The average Bonchev–Trinajstić information content (AvgIpc) is 3.30. The molecule has 3 aromatic rings. The van der Waals surface area contributed by atoms with Crippen molar-refractivity contribution in [3.05, 3.63) is 71.8 Å². The van der Waals surface area contributed by atoms with Gasteiger partial charge in [0.25, 0.3) is 5.91 Å². The van der Waals surface area contributed by atoms with E-state index in [2.05, 4.69) is 10.3 Å². The molecular weight excluding hydrogens is 468 g/mol. The number of aromatic nitrogens is 2. The van der Waals surface area contributed by atoms with Gasteiger partial charge in [0.05, 0.1) is 27.1 Å². The number of nitrogens with one attached hydrogen (secondary N) is 1. The third-order valence-electron chi connectivity index (χ3n) is 6.03. The number of ether oxygens (including phenoxy) is 2. The number of para-hydroxylation sites is 1. The van der Waals surface area contributed by atoms with Crippen molar-refractivity contribution in [1.29, 1.82) is 0 Å². The molecule has 0 radical (unpaired) electrons. The molecule has 1 aliphatic rings. The smallest absolute Gasteiger partial charge is 0.359 e. The molecule has 9 nitrogen and oxygen atoms in total. The van der Waals surface area contributed by atoms with Crippen molar-refractivity contribution in [3.8, 4) is 5.75 Å². The Kier molecular flexibility index (Phi) is 6.83.